The average Bonchev–Trinajstić information content (AvgIpc) is 2.93. The number of hydrogen-bond donors (Lipinski definition) is 2. The van der Waals surface area contributed by atoms with Crippen LogP contribution in [0.25, 0.3) is 11.0 Å². The Balaban J connectivity index is 1.88. The molecule has 1 unspecified atom stereocenters. The highest BCUT2D eigenvalue weighted by atomic mass is 16.4. The minimum Gasteiger partial charge on any atom is -0.480 e. The number of fused-ring (bicyclic) bond motifs is 1. The fraction of sp³-hybridized carbons (Fsp3) is 0.263. The van der Waals surface area contributed by atoms with Gasteiger partial charge in [0.1, 0.15) is 5.82 Å². The zero-order valence-electron chi connectivity index (χ0n) is 13.9. The third-order valence-electron chi connectivity index (χ3n) is 4.22. The second-order valence-electron chi connectivity index (χ2n) is 6.06. The Kier molecular flexibility index (Phi) is 4.62. The molecule has 0 saturated heterocycles. The summed E-state index contributed by atoms with van der Waals surface area (Å²) < 4.78 is 0. The number of aromatic amines is 1. The van der Waals surface area contributed by atoms with Crippen LogP contribution in [0.4, 0.5) is 0 Å². The molecule has 3 aromatic rings. The summed E-state index contributed by atoms with van der Waals surface area (Å²) in [4.78, 5) is 20.9. The molecule has 0 fully saturated rings. The summed E-state index contributed by atoms with van der Waals surface area (Å²) in [5.74, 6) is 0.0518. The molecule has 5 nitrogen and oxygen atoms in total. The van der Waals surface area contributed by atoms with E-state index in [0.717, 1.165) is 28.0 Å². The second-order valence-corrected chi connectivity index (χ2v) is 6.06. The number of nitrogens with one attached hydrogen (secondary N) is 1. The normalized spacial score (nSPS) is 12.6. The van der Waals surface area contributed by atoms with Crippen molar-refractivity contribution in [2.75, 3.05) is 6.54 Å². The van der Waals surface area contributed by atoms with Gasteiger partial charge in [-0.2, -0.15) is 0 Å². The first-order valence-electron chi connectivity index (χ1n) is 7.99. The first-order chi connectivity index (χ1) is 11.5. The number of imidazole rings is 1. The first-order valence-corrected chi connectivity index (χ1v) is 7.99. The Labute approximate surface area is 141 Å². The van der Waals surface area contributed by atoms with Crippen LogP contribution < -0.4 is 0 Å². The highest BCUT2D eigenvalue weighted by Crippen LogP contribution is 2.25. The Bertz CT molecular complexity index is 842. The van der Waals surface area contributed by atoms with Crippen molar-refractivity contribution in [2.24, 2.45) is 0 Å². The van der Waals surface area contributed by atoms with Crippen molar-refractivity contribution in [2.45, 2.75) is 26.4 Å². The van der Waals surface area contributed by atoms with Crippen LogP contribution in [0.1, 0.15) is 29.9 Å². The van der Waals surface area contributed by atoms with Gasteiger partial charge < -0.3 is 10.1 Å². The molecule has 1 aromatic heterocycles. The highest BCUT2D eigenvalue weighted by Gasteiger charge is 2.19. The molecule has 0 spiro atoms. The van der Waals surface area contributed by atoms with Gasteiger partial charge in [-0.3, -0.25) is 9.69 Å². The van der Waals surface area contributed by atoms with E-state index in [-0.39, 0.29) is 12.6 Å². The van der Waals surface area contributed by atoms with Gasteiger partial charge in [0.2, 0.25) is 0 Å². The van der Waals surface area contributed by atoms with Crippen LogP contribution in [-0.2, 0) is 11.3 Å². The predicted octanol–water partition coefficient (Wildman–Crippen LogP) is 3.52. The summed E-state index contributed by atoms with van der Waals surface area (Å²) >= 11 is 0. The van der Waals surface area contributed by atoms with Gasteiger partial charge in [0, 0.05) is 12.6 Å². The zero-order chi connectivity index (χ0) is 17.1. The van der Waals surface area contributed by atoms with Gasteiger partial charge in [-0.15, -0.1) is 0 Å². The minimum absolute atomic E-state index is 0.00626. The summed E-state index contributed by atoms with van der Waals surface area (Å²) in [5.41, 5.74) is 4.07. The van der Waals surface area contributed by atoms with Crippen molar-refractivity contribution in [3.8, 4) is 0 Å². The lowest BCUT2D eigenvalue weighted by Crippen LogP contribution is -2.32. The first kappa shape index (κ1) is 16.2. The number of carboxylic acid groups (broad SMARTS) is 1. The molecule has 1 heterocycles. The van der Waals surface area contributed by atoms with Crippen LogP contribution in [0.15, 0.2) is 48.5 Å². The zero-order valence-corrected chi connectivity index (χ0v) is 13.9. The molecule has 24 heavy (non-hydrogen) atoms. The van der Waals surface area contributed by atoms with Gasteiger partial charge >= 0.3 is 5.97 Å². The molecule has 2 N–H and O–H groups in total. The fourth-order valence-electron chi connectivity index (χ4n) is 2.94. The number of H-pyrrole nitrogens is 1. The lowest BCUT2D eigenvalue weighted by molar-refractivity contribution is -0.139. The number of carbonyl (C=O) groups is 1. The van der Waals surface area contributed by atoms with Gasteiger partial charge in [0.25, 0.3) is 0 Å². The lowest BCUT2D eigenvalue weighted by atomic mass is 10.0. The molecule has 0 aliphatic carbocycles. The van der Waals surface area contributed by atoms with Crippen LogP contribution in [0.2, 0.25) is 0 Å². The Morgan fingerprint density at radius 2 is 2.00 bits per heavy atom. The minimum atomic E-state index is -0.825. The number of nitrogens with zero attached hydrogens (tertiary/aromatic N) is 2. The summed E-state index contributed by atoms with van der Waals surface area (Å²) in [6.07, 6.45) is 0. The fourth-order valence-corrected chi connectivity index (χ4v) is 2.94. The van der Waals surface area contributed by atoms with Crippen molar-refractivity contribution in [3.05, 3.63) is 65.5 Å². The molecule has 0 radical (unpaired) electrons. The van der Waals surface area contributed by atoms with E-state index in [1.807, 2.05) is 67.3 Å². The molecule has 3 rings (SSSR count). The maximum Gasteiger partial charge on any atom is 0.317 e. The van der Waals surface area contributed by atoms with Gasteiger partial charge in [-0.05, 0) is 37.1 Å². The summed E-state index contributed by atoms with van der Waals surface area (Å²) in [6, 6.07) is 16.0. The number of carboxylic acids is 1. The molecule has 1 atom stereocenters. The predicted molar refractivity (Wildman–Crippen MR) is 93.7 cm³/mol. The summed E-state index contributed by atoms with van der Waals surface area (Å²) in [6.45, 7) is 4.54. The van der Waals surface area contributed by atoms with E-state index >= 15 is 0 Å². The smallest absolute Gasteiger partial charge is 0.317 e. The van der Waals surface area contributed by atoms with Crippen LogP contribution in [-0.4, -0.2) is 32.5 Å². The number of benzene rings is 2. The van der Waals surface area contributed by atoms with Gasteiger partial charge in [-0.1, -0.05) is 36.4 Å². The number of aryl methyl sites for hydroxylation is 1. The van der Waals surface area contributed by atoms with Crippen molar-refractivity contribution in [3.63, 3.8) is 0 Å². The Hall–Kier alpha value is -2.66. The average molecular weight is 323 g/mol. The lowest BCUT2D eigenvalue weighted by Gasteiger charge is -2.28. The van der Waals surface area contributed by atoms with E-state index in [9.17, 15) is 9.90 Å². The largest absolute Gasteiger partial charge is 0.480 e. The molecule has 2 aromatic carbocycles. The van der Waals surface area contributed by atoms with Crippen LogP contribution in [0.3, 0.4) is 0 Å². The maximum absolute atomic E-state index is 11.3. The van der Waals surface area contributed by atoms with Crippen LogP contribution >= 0.6 is 0 Å². The maximum atomic E-state index is 11.3. The molecule has 0 amide bonds. The SMILES string of the molecule is Cc1nc2cc(C(C)N(CC(=O)O)Cc3ccccc3)ccc2[nH]1. The topological polar surface area (TPSA) is 69.2 Å². The quantitative estimate of drug-likeness (QED) is 0.728. The van der Waals surface area contributed by atoms with E-state index in [4.69, 9.17) is 0 Å². The third-order valence-corrected chi connectivity index (χ3v) is 4.22. The molecule has 0 saturated carbocycles. The molecular weight excluding hydrogens is 302 g/mol. The number of aromatic nitrogens is 2. The molecular formula is C19H21N3O2. The van der Waals surface area contributed by atoms with Gasteiger partial charge in [0.15, 0.2) is 0 Å². The molecule has 124 valence electrons. The third kappa shape index (κ3) is 3.63. The second kappa shape index (κ2) is 6.84. The van der Waals surface area contributed by atoms with Crippen molar-refractivity contribution < 1.29 is 9.90 Å². The van der Waals surface area contributed by atoms with Crippen LogP contribution in [0.5, 0.6) is 0 Å². The van der Waals surface area contributed by atoms with Crippen molar-refractivity contribution in [1.29, 1.82) is 0 Å². The number of aliphatic carboxylic acids is 1. The Morgan fingerprint density at radius 3 is 2.71 bits per heavy atom. The Morgan fingerprint density at radius 1 is 1.25 bits per heavy atom. The van der Waals surface area contributed by atoms with Crippen LogP contribution in [0, 0.1) is 6.92 Å². The molecule has 5 heteroatoms. The number of rotatable bonds is 6. The monoisotopic (exact) mass is 323 g/mol. The summed E-state index contributed by atoms with van der Waals surface area (Å²) in [7, 11) is 0. The molecule has 0 aliphatic rings. The molecule has 0 aliphatic heterocycles. The van der Waals surface area contributed by atoms with E-state index in [0.29, 0.717) is 6.54 Å². The number of hydrogen-bond acceptors (Lipinski definition) is 3. The van der Waals surface area contributed by atoms with E-state index in [2.05, 4.69) is 9.97 Å². The van der Waals surface area contributed by atoms with Gasteiger partial charge in [0.05, 0.1) is 17.6 Å². The molecule has 0 bridgehead atoms. The van der Waals surface area contributed by atoms with Crippen molar-refractivity contribution in [1.82, 2.24) is 14.9 Å². The highest BCUT2D eigenvalue weighted by molar-refractivity contribution is 5.76. The van der Waals surface area contributed by atoms with Gasteiger partial charge in [-0.25, -0.2) is 4.98 Å². The van der Waals surface area contributed by atoms with Crippen molar-refractivity contribution >= 4 is 17.0 Å². The van der Waals surface area contributed by atoms with E-state index < -0.39 is 5.97 Å². The van der Waals surface area contributed by atoms with E-state index in [1.165, 1.54) is 0 Å². The van der Waals surface area contributed by atoms with E-state index in [1.54, 1.807) is 0 Å². The standard InChI is InChI=1S/C19H21N3O2/c1-13(16-8-9-17-18(10-16)21-14(2)20-17)22(12-19(23)24)11-15-6-4-3-5-7-15/h3-10,13H,11-12H2,1-2H3,(H,20,21)(H,23,24). The summed E-state index contributed by atoms with van der Waals surface area (Å²) in [5, 5.41) is 9.27.